The largest absolute Gasteiger partial charge is 0.269 e. The van der Waals surface area contributed by atoms with Gasteiger partial charge >= 0.3 is 0 Å². The molecule has 0 N–H and O–H groups in total. The summed E-state index contributed by atoms with van der Waals surface area (Å²) in [7, 11) is 0. The molecule has 1 aliphatic rings. The number of aryl methyl sites for hydroxylation is 1. The standard InChI is InChI=1S/C20H17N3O/c24-20-17-6-2-1-3-7-18(17)22-19-13-15(10-12-23(19)20)8-9-16-5-4-11-21-14-16/h4-5,10-14H,1-3,6-7H2. The number of fused-ring (bicyclic) bond motifs is 2. The Morgan fingerprint density at radius 3 is 2.79 bits per heavy atom. The smallest absolute Gasteiger partial charge is 0.261 e. The highest BCUT2D eigenvalue weighted by Gasteiger charge is 2.15. The normalized spacial score (nSPS) is 13.7. The van der Waals surface area contributed by atoms with Gasteiger partial charge in [0.05, 0.1) is 5.69 Å². The highest BCUT2D eigenvalue weighted by molar-refractivity contribution is 5.50. The summed E-state index contributed by atoms with van der Waals surface area (Å²) in [5.74, 6) is 6.20. The van der Waals surface area contributed by atoms with Crippen LogP contribution in [0.2, 0.25) is 0 Å². The van der Waals surface area contributed by atoms with E-state index in [-0.39, 0.29) is 5.56 Å². The minimum Gasteiger partial charge on any atom is -0.269 e. The lowest BCUT2D eigenvalue weighted by atomic mass is 10.1. The summed E-state index contributed by atoms with van der Waals surface area (Å²) in [6.07, 6.45) is 10.3. The van der Waals surface area contributed by atoms with Gasteiger partial charge in [-0.25, -0.2) is 4.98 Å². The molecule has 0 saturated carbocycles. The van der Waals surface area contributed by atoms with Crippen molar-refractivity contribution >= 4 is 5.65 Å². The van der Waals surface area contributed by atoms with Crippen molar-refractivity contribution in [1.82, 2.24) is 14.4 Å². The summed E-state index contributed by atoms with van der Waals surface area (Å²) in [6, 6.07) is 7.53. The second-order valence-electron chi connectivity index (χ2n) is 6.04. The van der Waals surface area contributed by atoms with E-state index in [1.165, 1.54) is 6.42 Å². The number of nitrogens with zero attached hydrogens (tertiary/aromatic N) is 3. The molecular formula is C20H17N3O. The molecule has 3 aromatic heterocycles. The maximum atomic E-state index is 12.7. The average Bonchev–Trinajstić information content (AvgIpc) is 2.86. The second kappa shape index (κ2) is 6.29. The Morgan fingerprint density at radius 1 is 1.04 bits per heavy atom. The number of aromatic nitrogens is 3. The number of hydrogen-bond acceptors (Lipinski definition) is 3. The first-order chi connectivity index (χ1) is 11.8. The van der Waals surface area contributed by atoms with Crippen LogP contribution in [0.25, 0.3) is 5.65 Å². The predicted molar refractivity (Wildman–Crippen MR) is 92.9 cm³/mol. The lowest BCUT2D eigenvalue weighted by Crippen LogP contribution is -2.22. The maximum absolute atomic E-state index is 12.7. The Morgan fingerprint density at radius 2 is 1.92 bits per heavy atom. The Hall–Kier alpha value is -2.93. The first-order valence-electron chi connectivity index (χ1n) is 8.27. The third-order valence-electron chi connectivity index (χ3n) is 4.36. The number of hydrogen-bond donors (Lipinski definition) is 0. The monoisotopic (exact) mass is 315 g/mol. The fraction of sp³-hybridized carbons (Fsp3) is 0.250. The zero-order valence-corrected chi connectivity index (χ0v) is 13.3. The summed E-state index contributed by atoms with van der Waals surface area (Å²) < 4.78 is 1.64. The Balaban J connectivity index is 1.79. The van der Waals surface area contributed by atoms with Crippen LogP contribution >= 0.6 is 0 Å². The minimum absolute atomic E-state index is 0.0728. The van der Waals surface area contributed by atoms with E-state index in [2.05, 4.69) is 16.8 Å². The average molecular weight is 315 g/mol. The van der Waals surface area contributed by atoms with Gasteiger partial charge in [0.15, 0.2) is 0 Å². The topological polar surface area (TPSA) is 47.3 Å². The van der Waals surface area contributed by atoms with Gasteiger partial charge in [0, 0.05) is 35.3 Å². The third kappa shape index (κ3) is 2.81. The van der Waals surface area contributed by atoms with E-state index >= 15 is 0 Å². The molecule has 0 fully saturated rings. The van der Waals surface area contributed by atoms with Crippen molar-refractivity contribution in [2.45, 2.75) is 32.1 Å². The summed E-state index contributed by atoms with van der Waals surface area (Å²) >= 11 is 0. The molecule has 3 heterocycles. The molecule has 0 aromatic carbocycles. The second-order valence-corrected chi connectivity index (χ2v) is 6.04. The van der Waals surface area contributed by atoms with Crippen LogP contribution in [0.1, 0.15) is 41.6 Å². The van der Waals surface area contributed by atoms with Gasteiger partial charge in [-0.05, 0) is 49.9 Å². The van der Waals surface area contributed by atoms with E-state index in [9.17, 15) is 4.79 Å². The SMILES string of the molecule is O=c1c2c(nc3cc(C#Cc4cccnc4)ccn13)CCCCC2. The first kappa shape index (κ1) is 14.6. The quantitative estimate of drug-likeness (QED) is 0.473. The highest BCUT2D eigenvalue weighted by Crippen LogP contribution is 2.17. The van der Waals surface area contributed by atoms with E-state index in [0.717, 1.165) is 48.1 Å². The van der Waals surface area contributed by atoms with E-state index < -0.39 is 0 Å². The molecule has 0 radical (unpaired) electrons. The summed E-state index contributed by atoms with van der Waals surface area (Å²) in [6.45, 7) is 0. The molecule has 0 aliphatic heterocycles. The van der Waals surface area contributed by atoms with Crippen molar-refractivity contribution in [2.75, 3.05) is 0 Å². The molecule has 24 heavy (non-hydrogen) atoms. The minimum atomic E-state index is 0.0728. The Bertz CT molecular complexity index is 1010. The lowest BCUT2D eigenvalue weighted by molar-refractivity contribution is 0.708. The molecule has 0 atom stereocenters. The van der Waals surface area contributed by atoms with Crippen LogP contribution in [0.15, 0.2) is 47.7 Å². The van der Waals surface area contributed by atoms with Gasteiger partial charge in [0.1, 0.15) is 5.65 Å². The molecule has 4 rings (SSSR count). The molecule has 0 unspecified atom stereocenters. The molecule has 0 bridgehead atoms. The molecule has 4 heteroatoms. The first-order valence-corrected chi connectivity index (χ1v) is 8.27. The van der Waals surface area contributed by atoms with Crippen LogP contribution in [-0.4, -0.2) is 14.4 Å². The zero-order chi connectivity index (χ0) is 16.4. The van der Waals surface area contributed by atoms with Crippen molar-refractivity contribution < 1.29 is 0 Å². The van der Waals surface area contributed by atoms with Gasteiger partial charge in [0.2, 0.25) is 0 Å². The molecule has 118 valence electrons. The van der Waals surface area contributed by atoms with Crippen molar-refractivity contribution in [1.29, 1.82) is 0 Å². The molecule has 0 saturated heterocycles. The van der Waals surface area contributed by atoms with Gasteiger partial charge in [-0.1, -0.05) is 18.3 Å². The number of pyridine rings is 2. The molecule has 1 aliphatic carbocycles. The number of rotatable bonds is 0. The van der Waals surface area contributed by atoms with Crippen LogP contribution in [-0.2, 0) is 12.8 Å². The molecular weight excluding hydrogens is 298 g/mol. The zero-order valence-electron chi connectivity index (χ0n) is 13.3. The van der Waals surface area contributed by atoms with Gasteiger partial charge in [-0.2, -0.15) is 0 Å². The Kier molecular flexibility index (Phi) is 3.84. The molecule has 3 aromatic rings. The van der Waals surface area contributed by atoms with Crippen LogP contribution in [0, 0.1) is 11.8 Å². The van der Waals surface area contributed by atoms with E-state index in [4.69, 9.17) is 4.98 Å². The molecule has 0 spiro atoms. The van der Waals surface area contributed by atoms with Crippen LogP contribution in [0.5, 0.6) is 0 Å². The fourth-order valence-corrected chi connectivity index (χ4v) is 3.11. The Labute approximate surface area is 140 Å². The van der Waals surface area contributed by atoms with Gasteiger partial charge < -0.3 is 0 Å². The fourth-order valence-electron chi connectivity index (χ4n) is 3.11. The van der Waals surface area contributed by atoms with Crippen molar-refractivity contribution in [2.24, 2.45) is 0 Å². The van der Waals surface area contributed by atoms with E-state index in [1.54, 1.807) is 23.0 Å². The molecule has 4 nitrogen and oxygen atoms in total. The van der Waals surface area contributed by atoms with E-state index in [0.29, 0.717) is 5.65 Å². The van der Waals surface area contributed by atoms with Crippen LogP contribution < -0.4 is 5.56 Å². The predicted octanol–water partition coefficient (Wildman–Crippen LogP) is 2.76. The summed E-state index contributed by atoms with van der Waals surface area (Å²) in [4.78, 5) is 21.5. The molecule has 0 amide bonds. The summed E-state index contributed by atoms with van der Waals surface area (Å²) in [5.41, 5.74) is 4.32. The van der Waals surface area contributed by atoms with E-state index in [1.807, 2.05) is 24.3 Å². The highest BCUT2D eigenvalue weighted by atomic mass is 16.1. The maximum Gasteiger partial charge on any atom is 0.261 e. The van der Waals surface area contributed by atoms with Crippen molar-refractivity contribution in [3.63, 3.8) is 0 Å². The van der Waals surface area contributed by atoms with Crippen LogP contribution in [0.4, 0.5) is 0 Å². The van der Waals surface area contributed by atoms with Gasteiger partial charge in [-0.15, -0.1) is 0 Å². The summed E-state index contributed by atoms with van der Waals surface area (Å²) in [5, 5.41) is 0. The van der Waals surface area contributed by atoms with Crippen molar-refractivity contribution in [3.8, 4) is 11.8 Å². The lowest BCUT2D eigenvalue weighted by Gasteiger charge is -2.08. The third-order valence-corrected chi connectivity index (χ3v) is 4.36. The van der Waals surface area contributed by atoms with Crippen molar-refractivity contribution in [3.05, 3.63) is 75.6 Å². The van der Waals surface area contributed by atoms with Gasteiger partial charge in [0.25, 0.3) is 5.56 Å². The van der Waals surface area contributed by atoms with Crippen LogP contribution in [0.3, 0.4) is 0 Å². The van der Waals surface area contributed by atoms with Gasteiger partial charge in [-0.3, -0.25) is 14.2 Å².